The van der Waals surface area contributed by atoms with Crippen molar-refractivity contribution in [3.63, 3.8) is 0 Å². The topological polar surface area (TPSA) is 74.6 Å². The molecule has 0 rings (SSSR count). The van der Waals surface area contributed by atoms with Crippen molar-refractivity contribution >= 4 is 11.9 Å². The van der Waals surface area contributed by atoms with E-state index in [1.165, 1.54) is 0 Å². The van der Waals surface area contributed by atoms with Crippen LogP contribution in [0.1, 0.15) is 25.7 Å². The fourth-order valence-electron chi connectivity index (χ4n) is 0.555. The number of carbonyl (C=O) groups is 2. The van der Waals surface area contributed by atoms with Gasteiger partial charge in [-0.05, 0) is 6.42 Å². The zero-order valence-corrected chi connectivity index (χ0v) is 6.54. The predicted octanol–water partition coefficient (Wildman–Crippen LogP) is 0.719. The van der Waals surface area contributed by atoms with E-state index in [9.17, 15) is 9.59 Å². The smallest absolute Gasteiger partial charge is 0.315 e. The second-order valence-electron chi connectivity index (χ2n) is 2.17. The molecule has 0 radical (unpaired) electrons. The fourth-order valence-corrected chi connectivity index (χ4v) is 0.555. The van der Waals surface area contributed by atoms with Crippen LogP contribution in [0.15, 0.2) is 0 Å². The molecule has 66 valence electrons. The number of aliphatic carboxylic acids is 2. The van der Waals surface area contributed by atoms with Crippen molar-refractivity contribution in [1.29, 1.82) is 0 Å². The van der Waals surface area contributed by atoms with Crippen molar-refractivity contribution < 1.29 is 19.8 Å². The summed E-state index contributed by atoms with van der Waals surface area (Å²) in [6, 6.07) is 0. The quantitative estimate of drug-likeness (QED) is 0.481. The van der Waals surface area contributed by atoms with Crippen molar-refractivity contribution in [1.82, 2.24) is 0 Å². The first-order valence-corrected chi connectivity index (χ1v) is 3.52. The van der Waals surface area contributed by atoms with Crippen molar-refractivity contribution in [2.24, 2.45) is 0 Å². The lowest BCUT2D eigenvalue weighted by Gasteiger charge is -1.87. The molecule has 0 heterocycles. The van der Waals surface area contributed by atoms with Crippen molar-refractivity contribution in [3.05, 3.63) is 0 Å². The summed E-state index contributed by atoms with van der Waals surface area (Å²) < 4.78 is 0. The van der Waals surface area contributed by atoms with Gasteiger partial charge < -0.3 is 10.2 Å². The van der Waals surface area contributed by atoms with Crippen LogP contribution in [-0.2, 0) is 9.59 Å². The highest BCUT2D eigenvalue weighted by Crippen LogP contribution is 1.92. The number of carboxylic acids is 2. The molecule has 0 aliphatic rings. The van der Waals surface area contributed by atoms with Gasteiger partial charge in [-0.15, -0.1) is 5.92 Å². The maximum atomic E-state index is 10.00. The van der Waals surface area contributed by atoms with E-state index >= 15 is 0 Å². The van der Waals surface area contributed by atoms with Crippen LogP contribution in [0.4, 0.5) is 0 Å². The molecule has 2 N–H and O–H groups in total. The Bertz CT molecular complexity index is 221. The summed E-state index contributed by atoms with van der Waals surface area (Å²) in [5, 5.41) is 16.4. The van der Waals surface area contributed by atoms with Gasteiger partial charge >= 0.3 is 11.9 Å². The standard InChI is InChI=1S/C8H10O4/c9-7(10)5-3-1-2-4-6-8(11)12/h1,3,5-6H2,(H,9,10)(H,11,12). The average Bonchev–Trinajstić information content (AvgIpc) is 1.95. The van der Waals surface area contributed by atoms with Crippen molar-refractivity contribution in [3.8, 4) is 11.8 Å². The molecule has 0 spiro atoms. The average molecular weight is 170 g/mol. The lowest BCUT2D eigenvalue weighted by molar-refractivity contribution is -0.137. The van der Waals surface area contributed by atoms with E-state index in [-0.39, 0.29) is 12.8 Å². The molecular weight excluding hydrogens is 160 g/mol. The summed E-state index contributed by atoms with van der Waals surface area (Å²) in [5.41, 5.74) is 0. The molecule has 0 atom stereocenters. The van der Waals surface area contributed by atoms with E-state index in [0.717, 1.165) is 0 Å². The highest BCUT2D eigenvalue weighted by molar-refractivity contribution is 5.69. The van der Waals surface area contributed by atoms with Gasteiger partial charge in [-0.3, -0.25) is 9.59 Å². The molecule has 12 heavy (non-hydrogen) atoms. The first kappa shape index (κ1) is 10.5. The summed E-state index contributed by atoms with van der Waals surface area (Å²) in [5.74, 6) is 3.18. The minimum absolute atomic E-state index is 0.0851. The van der Waals surface area contributed by atoms with Gasteiger partial charge in [0.25, 0.3) is 0 Å². The number of unbranched alkanes of at least 4 members (excludes halogenated alkanes) is 1. The Balaban J connectivity index is 3.33. The van der Waals surface area contributed by atoms with Crippen LogP contribution in [0.2, 0.25) is 0 Å². The van der Waals surface area contributed by atoms with E-state index in [1.807, 2.05) is 0 Å². The molecule has 0 bridgehead atoms. The summed E-state index contributed by atoms with van der Waals surface area (Å²) >= 11 is 0. The Hall–Kier alpha value is -1.50. The van der Waals surface area contributed by atoms with Crippen LogP contribution >= 0.6 is 0 Å². The summed E-state index contributed by atoms with van der Waals surface area (Å²) in [6.07, 6.45) is 0.830. The first-order valence-electron chi connectivity index (χ1n) is 3.52. The fraction of sp³-hybridized carbons (Fsp3) is 0.500. The first-order chi connectivity index (χ1) is 5.63. The Morgan fingerprint density at radius 1 is 1.08 bits per heavy atom. The van der Waals surface area contributed by atoms with Gasteiger partial charge in [0.05, 0.1) is 0 Å². The Morgan fingerprint density at radius 2 is 1.75 bits per heavy atom. The SMILES string of the molecule is O=C(O)CC#CCCCC(=O)O. The zero-order chi connectivity index (χ0) is 9.40. The predicted molar refractivity (Wildman–Crippen MR) is 41.5 cm³/mol. The molecule has 4 nitrogen and oxygen atoms in total. The molecule has 0 aliphatic heterocycles. The van der Waals surface area contributed by atoms with E-state index in [2.05, 4.69) is 11.8 Å². The second-order valence-corrected chi connectivity index (χ2v) is 2.17. The van der Waals surface area contributed by atoms with Crippen LogP contribution in [0.3, 0.4) is 0 Å². The third kappa shape index (κ3) is 8.50. The zero-order valence-electron chi connectivity index (χ0n) is 6.54. The van der Waals surface area contributed by atoms with Crippen molar-refractivity contribution in [2.45, 2.75) is 25.7 Å². The van der Waals surface area contributed by atoms with Gasteiger partial charge in [0.2, 0.25) is 0 Å². The minimum atomic E-state index is -0.958. The molecule has 0 aliphatic carbocycles. The summed E-state index contributed by atoms with van der Waals surface area (Å²) in [7, 11) is 0. The van der Waals surface area contributed by atoms with Crippen LogP contribution in [0, 0.1) is 11.8 Å². The van der Waals surface area contributed by atoms with Gasteiger partial charge in [0.1, 0.15) is 6.42 Å². The molecule has 4 heteroatoms. The Labute approximate surface area is 70.2 Å². The lowest BCUT2D eigenvalue weighted by Crippen LogP contribution is -1.93. The van der Waals surface area contributed by atoms with E-state index in [0.29, 0.717) is 12.8 Å². The molecule has 0 aromatic carbocycles. The number of rotatable bonds is 4. The Morgan fingerprint density at radius 3 is 2.25 bits per heavy atom. The summed E-state index contributed by atoms with van der Waals surface area (Å²) in [6.45, 7) is 0. The molecule has 0 unspecified atom stereocenters. The highest BCUT2D eigenvalue weighted by Gasteiger charge is 1.93. The van der Waals surface area contributed by atoms with Crippen molar-refractivity contribution in [2.75, 3.05) is 0 Å². The third-order valence-corrected chi connectivity index (χ3v) is 1.06. The van der Waals surface area contributed by atoms with E-state index < -0.39 is 11.9 Å². The molecule has 0 fully saturated rings. The highest BCUT2D eigenvalue weighted by atomic mass is 16.4. The maximum Gasteiger partial charge on any atom is 0.315 e. The minimum Gasteiger partial charge on any atom is -0.481 e. The van der Waals surface area contributed by atoms with Gasteiger partial charge in [0, 0.05) is 12.8 Å². The number of hydrogen-bond acceptors (Lipinski definition) is 2. The molecule has 0 saturated heterocycles. The van der Waals surface area contributed by atoms with Crippen LogP contribution < -0.4 is 0 Å². The lowest BCUT2D eigenvalue weighted by atomic mass is 10.2. The Kier molecular flexibility index (Phi) is 5.45. The van der Waals surface area contributed by atoms with E-state index in [1.54, 1.807) is 0 Å². The van der Waals surface area contributed by atoms with Crippen LogP contribution in [-0.4, -0.2) is 22.2 Å². The normalized spacial score (nSPS) is 8.33. The molecule has 0 amide bonds. The molecular formula is C8H10O4. The van der Waals surface area contributed by atoms with Gasteiger partial charge in [-0.25, -0.2) is 0 Å². The van der Waals surface area contributed by atoms with Crippen LogP contribution in [0.25, 0.3) is 0 Å². The van der Waals surface area contributed by atoms with Gasteiger partial charge in [-0.1, -0.05) is 5.92 Å². The van der Waals surface area contributed by atoms with Gasteiger partial charge in [-0.2, -0.15) is 0 Å². The van der Waals surface area contributed by atoms with Crippen LogP contribution in [0.5, 0.6) is 0 Å². The number of carboxylic acid groups (broad SMARTS) is 2. The van der Waals surface area contributed by atoms with E-state index in [4.69, 9.17) is 10.2 Å². The summed E-state index contributed by atoms with van der Waals surface area (Å²) in [4.78, 5) is 19.9. The second kappa shape index (κ2) is 6.23. The molecule has 0 aromatic heterocycles. The number of hydrogen-bond donors (Lipinski definition) is 2. The largest absolute Gasteiger partial charge is 0.481 e. The third-order valence-electron chi connectivity index (χ3n) is 1.06. The molecule has 0 aromatic rings. The monoisotopic (exact) mass is 170 g/mol. The maximum absolute atomic E-state index is 10.00. The molecule has 0 saturated carbocycles. The van der Waals surface area contributed by atoms with Gasteiger partial charge in [0.15, 0.2) is 0 Å².